The van der Waals surface area contributed by atoms with Gasteiger partial charge in [-0.05, 0) is 63.1 Å². The maximum Gasteiger partial charge on any atom is 0.416 e. The van der Waals surface area contributed by atoms with Gasteiger partial charge in [0.05, 0.1) is 25.0 Å². The number of nitrogens with one attached hydrogen (secondary N) is 1. The third-order valence-corrected chi connectivity index (χ3v) is 5.29. The van der Waals surface area contributed by atoms with Crippen LogP contribution in [-0.2, 0) is 12.8 Å². The molecule has 0 bridgehead atoms. The molecule has 0 radical (unpaired) electrons. The molecule has 1 unspecified atom stereocenters. The summed E-state index contributed by atoms with van der Waals surface area (Å²) < 4.78 is 50.8. The molecule has 1 heterocycles. The van der Waals surface area contributed by atoms with Gasteiger partial charge in [-0.2, -0.15) is 13.2 Å². The topological polar surface area (TPSA) is 89.6 Å². The number of halogens is 3. The van der Waals surface area contributed by atoms with Gasteiger partial charge in [0, 0.05) is 23.1 Å². The van der Waals surface area contributed by atoms with Gasteiger partial charge >= 0.3 is 6.18 Å². The number of hydrogen-bond acceptors (Lipinski definition) is 6. The van der Waals surface area contributed by atoms with E-state index < -0.39 is 11.7 Å². The van der Waals surface area contributed by atoms with Crippen molar-refractivity contribution in [3.05, 3.63) is 53.1 Å². The Balaban J connectivity index is 2.16. The highest BCUT2D eigenvalue weighted by atomic mass is 19.4. The van der Waals surface area contributed by atoms with Crippen molar-refractivity contribution >= 4 is 16.6 Å². The molecule has 2 aromatic carbocycles. The number of aryl methyl sites for hydroxylation is 1. The molecule has 178 valence electrons. The van der Waals surface area contributed by atoms with Crippen molar-refractivity contribution in [2.75, 3.05) is 19.0 Å². The number of ether oxygens (including phenoxy) is 2. The van der Waals surface area contributed by atoms with E-state index >= 15 is 0 Å². The van der Waals surface area contributed by atoms with Gasteiger partial charge in [0.25, 0.3) is 0 Å². The van der Waals surface area contributed by atoms with E-state index in [2.05, 4.69) is 10.3 Å². The molecule has 0 aliphatic rings. The van der Waals surface area contributed by atoms with Crippen LogP contribution in [0.1, 0.15) is 36.5 Å². The minimum atomic E-state index is -4.50. The number of aromatic nitrogens is 1. The Morgan fingerprint density at radius 2 is 1.97 bits per heavy atom. The van der Waals surface area contributed by atoms with E-state index in [1.165, 1.54) is 19.2 Å². The molecule has 6 nitrogen and oxygen atoms in total. The van der Waals surface area contributed by atoms with Gasteiger partial charge in [-0.3, -0.25) is 0 Å². The van der Waals surface area contributed by atoms with Gasteiger partial charge in [-0.25, -0.2) is 4.98 Å². The summed E-state index contributed by atoms with van der Waals surface area (Å²) in [5.74, 6) is 0.645. The predicted octanol–water partition coefficient (Wildman–Crippen LogP) is 5.39. The van der Waals surface area contributed by atoms with Gasteiger partial charge in [0.1, 0.15) is 17.0 Å². The molecule has 9 heteroatoms. The lowest BCUT2D eigenvalue weighted by molar-refractivity contribution is -0.137. The SMILES string of the molecule is COc1cc(C)c2c(Oc3cccc(C(F)(F)F)c3)c(CO)cc(NC(C)CCCN)c2n1. The molecule has 0 saturated carbocycles. The number of methoxy groups -OCH3 is 1. The van der Waals surface area contributed by atoms with Crippen LogP contribution in [0.25, 0.3) is 10.9 Å². The van der Waals surface area contributed by atoms with Crippen LogP contribution in [0.4, 0.5) is 18.9 Å². The Bertz CT molecular complexity index is 1120. The average Bonchev–Trinajstić information content (AvgIpc) is 2.78. The van der Waals surface area contributed by atoms with E-state index in [-0.39, 0.29) is 24.1 Å². The third-order valence-electron chi connectivity index (χ3n) is 5.29. The normalized spacial score (nSPS) is 12.6. The number of fused-ring (bicyclic) bond motifs is 1. The van der Waals surface area contributed by atoms with Crippen molar-refractivity contribution in [3.8, 4) is 17.4 Å². The number of benzene rings is 2. The predicted molar refractivity (Wildman–Crippen MR) is 122 cm³/mol. The van der Waals surface area contributed by atoms with Crippen molar-refractivity contribution < 1.29 is 27.8 Å². The molecule has 0 saturated heterocycles. The summed E-state index contributed by atoms with van der Waals surface area (Å²) in [7, 11) is 1.51. The maximum absolute atomic E-state index is 13.2. The van der Waals surface area contributed by atoms with Crippen molar-refractivity contribution in [3.63, 3.8) is 0 Å². The monoisotopic (exact) mass is 463 g/mol. The van der Waals surface area contributed by atoms with Crippen LogP contribution in [0, 0.1) is 6.92 Å². The number of aliphatic hydroxyl groups excluding tert-OH is 1. The number of hydrogen-bond donors (Lipinski definition) is 3. The molecule has 4 N–H and O–H groups in total. The Morgan fingerprint density at radius 3 is 2.61 bits per heavy atom. The second-order valence-corrected chi connectivity index (χ2v) is 7.88. The molecule has 1 aromatic heterocycles. The van der Waals surface area contributed by atoms with E-state index in [4.69, 9.17) is 15.2 Å². The van der Waals surface area contributed by atoms with E-state index in [0.29, 0.717) is 34.6 Å². The lowest BCUT2D eigenvalue weighted by Gasteiger charge is -2.21. The van der Waals surface area contributed by atoms with Gasteiger partial charge in [0.15, 0.2) is 0 Å². The Hall–Kier alpha value is -3.04. The maximum atomic E-state index is 13.2. The minimum absolute atomic E-state index is 0.00747. The molecule has 1 atom stereocenters. The number of nitrogens with zero attached hydrogens (tertiary/aromatic N) is 1. The highest BCUT2D eigenvalue weighted by Gasteiger charge is 2.31. The number of pyridine rings is 1. The largest absolute Gasteiger partial charge is 0.481 e. The summed E-state index contributed by atoms with van der Waals surface area (Å²) in [6.07, 6.45) is -2.83. The van der Waals surface area contributed by atoms with Gasteiger partial charge < -0.3 is 25.6 Å². The first-order chi connectivity index (χ1) is 15.7. The molecule has 0 aliphatic heterocycles. The summed E-state index contributed by atoms with van der Waals surface area (Å²) in [4.78, 5) is 4.57. The van der Waals surface area contributed by atoms with Crippen molar-refractivity contribution in [2.24, 2.45) is 5.73 Å². The zero-order valence-corrected chi connectivity index (χ0v) is 18.8. The molecule has 0 spiro atoms. The Morgan fingerprint density at radius 1 is 1.21 bits per heavy atom. The fraction of sp³-hybridized carbons (Fsp3) is 0.375. The summed E-state index contributed by atoms with van der Waals surface area (Å²) in [6.45, 7) is 4.04. The first-order valence-electron chi connectivity index (χ1n) is 10.6. The van der Waals surface area contributed by atoms with Crippen LogP contribution in [0.3, 0.4) is 0 Å². The molecular formula is C24H28F3N3O3. The van der Waals surface area contributed by atoms with Crippen LogP contribution in [0.5, 0.6) is 17.4 Å². The lowest BCUT2D eigenvalue weighted by Crippen LogP contribution is -2.17. The average molecular weight is 464 g/mol. The highest BCUT2D eigenvalue weighted by Crippen LogP contribution is 2.41. The summed E-state index contributed by atoms with van der Waals surface area (Å²) in [5.41, 5.74) is 7.16. The second-order valence-electron chi connectivity index (χ2n) is 7.88. The molecule has 3 aromatic rings. The van der Waals surface area contributed by atoms with E-state index in [1.807, 2.05) is 13.8 Å². The Kier molecular flexibility index (Phi) is 7.65. The standard InChI is InChI=1S/C24H28F3N3O3/c1-14-10-20(32-3)30-22-19(29-15(2)6-5-9-28)11-16(13-31)23(21(14)22)33-18-8-4-7-17(12-18)24(25,26)27/h4,7-8,10-12,15,29,31H,5-6,9,13,28H2,1-3H3. The lowest BCUT2D eigenvalue weighted by atomic mass is 10.0. The van der Waals surface area contributed by atoms with Crippen molar-refractivity contribution in [1.29, 1.82) is 0 Å². The van der Waals surface area contributed by atoms with Gasteiger partial charge in [-0.15, -0.1) is 0 Å². The highest BCUT2D eigenvalue weighted by molar-refractivity contribution is 5.99. The molecule has 33 heavy (non-hydrogen) atoms. The molecule has 0 fully saturated rings. The number of anilines is 1. The van der Waals surface area contributed by atoms with E-state index in [9.17, 15) is 18.3 Å². The number of nitrogens with two attached hydrogens (primary N) is 1. The minimum Gasteiger partial charge on any atom is -0.481 e. The van der Waals surface area contributed by atoms with Crippen molar-refractivity contribution in [1.82, 2.24) is 4.98 Å². The van der Waals surface area contributed by atoms with Crippen LogP contribution in [0.15, 0.2) is 36.4 Å². The molecular weight excluding hydrogens is 435 g/mol. The molecule has 0 aliphatic carbocycles. The van der Waals surface area contributed by atoms with Crippen LogP contribution >= 0.6 is 0 Å². The third kappa shape index (κ3) is 5.66. The zero-order chi connectivity index (χ0) is 24.2. The van der Waals surface area contributed by atoms with Crippen LogP contribution < -0.4 is 20.5 Å². The smallest absolute Gasteiger partial charge is 0.416 e. The summed E-state index contributed by atoms with van der Waals surface area (Å²) >= 11 is 0. The van der Waals surface area contributed by atoms with Gasteiger partial charge in [-0.1, -0.05) is 6.07 Å². The fourth-order valence-electron chi connectivity index (χ4n) is 3.66. The van der Waals surface area contributed by atoms with E-state index in [1.54, 1.807) is 12.1 Å². The second kappa shape index (κ2) is 10.3. The van der Waals surface area contributed by atoms with Crippen molar-refractivity contribution in [2.45, 2.75) is 45.5 Å². The summed E-state index contributed by atoms with van der Waals surface area (Å²) in [5, 5.41) is 14.1. The summed E-state index contributed by atoms with van der Waals surface area (Å²) in [6, 6.07) is 8.12. The first kappa shape index (κ1) is 24.6. The quantitative estimate of drug-likeness (QED) is 0.394. The molecule has 0 amide bonds. The van der Waals surface area contributed by atoms with E-state index in [0.717, 1.165) is 30.5 Å². The van der Waals surface area contributed by atoms with Crippen LogP contribution in [-0.4, -0.2) is 29.8 Å². The number of alkyl halides is 3. The zero-order valence-electron chi connectivity index (χ0n) is 18.8. The molecule has 3 rings (SSSR count). The number of rotatable bonds is 9. The first-order valence-corrected chi connectivity index (χ1v) is 10.6. The Labute approximate surface area is 190 Å². The van der Waals surface area contributed by atoms with Crippen LogP contribution in [0.2, 0.25) is 0 Å². The van der Waals surface area contributed by atoms with Gasteiger partial charge in [0.2, 0.25) is 5.88 Å². The number of aliphatic hydroxyl groups is 1. The fourth-order valence-corrected chi connectivity index (χ4v) is 3.66.